The van der Waals surface area contributed by atoms with Crippen molar-refractivity contribution in [3.05, 3.63) is 67.8 Å². The molecule has 2 heterocycles. The number of nitriles is 1. The lowest BCUT2D eigenvalue weighted by atomic mass is 9.95. The van der Waals surface area contributed by atoms with Crippen LogP contribution >= 0.6 is 11.3 Å². The fraction of sp³-hybridized carbons (Fsp3) is 0.269. The number of nitrogens with one attached hydrogen (secondary N) is 1. The molecule has 10 nitrogen and oxygen atoms in total. The molecule has 2 aromatic heterocycles. The predicted molar refractivity (Wildman–Crippen MR) is 136 cm³/mol. The third-order valence-corrected chi connectivity index (χ3v) is 7.02. The van der Waals surface area contributed by atoms with Crippen LogP contribution in [0.15, 0.2) is 40.3 Å². The molecule has 0 unspecified atom stereocenters. The molecule has 0 atom stereocenters. The topological polar surface area (TPSA) is 145 Å². The first-order valence-corrected chi connectivity index (χ1v) is 12.3. The van der Waals surface area contributed by atoms with Crippen LogP contribution < -0.4 is 10.1 Å². The van der Waals surface area contributed by atoms with Gasteiger partial charge in [0.05, 0.1) is 35.8 Å². The van der Waals surface area contributed by atoms with E-state index in [2.05, 4.69) is 5.32 Å². The van der Waals surface area contributed by atoms with Gasteiger partial charge >= 0.3 is 5.97 Å². The van der Waals surface area contributed by atoms with Gasteiger partial charge in [-0.15, -0.1) is 11.3 Å². The number of rotatable bonds is 8. The Hall–Kier alpha value is -4.43. The molecule has 37 heavy (non-hydrogen) atoms. The van der Waals surface area contributed by atoms with Crippen molar-refractivity contribution >= 4 is 40.0 Å². The molecule has 3 aromatic rings. The maximum Gasteiger partial charge on any atom is 0.341 e. The highest BCUT2D eigenvalue weighted by Gasteiger charge is 2.28. The van der Waals surface area contributed by atoms with Crippen molar-refractivity contribution in [3.8, 4) is 23.1 Å². The summed E-state index contributed by atoms with van der Waals surface area (Å²) < 4.78 is 16.2. The third-order valence-electron chi connectivity index (χ3n) is 5.82. The van der Waals surface area contributed by atoms with Crippen molar-refractivity contribution < 1.29 is 28.4 Å². The number of fused-ring (bicyclic) bond motifs is 1. The summed E-state index contributed by atoms with van der Waals surface area (Å²) in [4.78, 5) is 37.2. The van der Waals surface area contributed by atoms with Crippen LogP contribution in [-0.4, -0.2) is 30.5 Å². The van der Waals surface area contributed by atoms with Gasteiger partial charge in [-0.05, 0) is 56.4 Å². The highest BCUT2D eigenvalue weighted by molar-refractivity contribution is 7.17. The molecule has 0 radical (unpaired) electrons. The first-order valence-electron chi connectivity index (χ1n) is 11.5. The molecule has 0 bridgehead atoms. The number of nitrogens with zero attached hydrogens (tertiary/aromatic N) is 2. The molecule has 0 fully saturated rings. The molecule has 0 aliphatic heterocycles. The maximum atomic E-state index is 13.0. The summed E-state index contributed by atoms with van der Waals surface area (Å²) in [7, 11) is 1.39. The molecular weight excluding hydrogens is 498 g/mol. The van der Waals surface area contributed by atoms with Crippen molar-refractivity contribution in [1.82, 2.24) is 0 Å². The second kappa shape index (κ2) is 11.1. The van der Waals surface area contributed by atoms with Crippen LogP contribution in [0.1, 0.15) is 46.3 Å². The molecule has 1 aromatic carbocycles. The van der Waals surface area contributed by atoms with Gasteiger partial charge in [0.25, 0.3) is 11.6 Å². The number of anilines is 1. The monoisotopic (exact) mass is 521 g/mol. The zero-order chi connectivity index (χ0) is 26.5. The summed E-state index contributed by atoms with van der Waals surface area (Å²) in [6.07, 6.45) is 4.80. The molecule has 11 heteroatoms. The van der Waals surface area contributed by atoms with Crippen LogP contribution in [0.2, 0.25) is 0 Å². The van der Waals surface area contributed by atoms with Crippen LogP contribution in [0.3, 0.4) is 0 Å². The fourth-order valence-electron chi connectivity index (χ4n) is 4.11. The van der Waals surface area contributed by atoms with Crippen LogP contribution in [0.25, 0.3) is 17.4 Å². The Labute approximate surface area is 216 Å². The number of hydrogen-bond acceptors (Lipinski definition) is 9. The molecule has 1 amide bonds. The van der Waals surface area contributed by atoms with Gasteiger partial charge in [-0.1, -0.05) is 0 Å². The number of hydrogen-bond donors (Lipinski definition) is 1. The number of non-ortho nitro benzene ring substituents is 1. The number of aryl methyl sites for hydroxylation is 1. The van der Waals surface area contributed by atoms with E-state index < -0.39 is 16.8 Å². The second-order valence-electron chi connectivity index (χ2n) is 8.10. The molecule has 0 saturated carbocycles. The van der Waals surface area contributed by atoms with Crippen molar-refractivity contribution in [2.75, 3.05) is 19.0 Å². The number of nitro benzene ring substituents is 1. The van der Waals surface area contributed by atoms with E-state index in [0.717, 1.165) is 36.1 Å². The number of thiophene rings is 1. The third kappa shape index (κ3) is 5.39. The molecule has 0 spiro atoms. The van der Waals surface area contributed by atoms with Gasteiger partial charge in [-0.3, -0.25) is 14.9 Å². The highest BCUT2D eigenvalue weighted by Crippen LogP contribution is 2.39. The number of amides is 1. The van der Waals surface area contributed by atoms with Gasteiger partial charge in [0.15, 0.2) is 0 Å². The summed E-state index contributed by atoms with van der Waals surface area (Å²) in [6, 6.07) is 9.15. The standard InChI is InChI=1S/C26H23N3O7S/c1-3-35-26(31)23-19-6-4-5-7-22(19)37-25(23)28-24(30)15(14-27)12-17-9-11-20(36-17)18-10-8-16(29(32)33)13-21(18)34-2/h8-13H,3-7H2,1-2H3,(H,28,30)/b15-12+. The lowest BCUT2D eigenvalue weighted by Crippen LogP contribution is -2.16. The van der Waals surface area contributed by atoms with Crippen LogP contribution in [-0.2, 0) is 22.4 Å². The van der Waals surface area contributed by atoms with Gasteiger partial charge in [0, 0.05) is 17.0 Å². The number of esters is 1. The van der Waals surface area contributed by atoms with E-state index >= 15 is 0 Å². The quantitative estimate of drug-likeness (QED) is 0.134. The number of ether oxygens (including phenoxy) is 2. The minimum Gasteiger partial charge on any atom is -0.496 e. The zero-order valence-electron chi connectivity index (χ0n) is 20.2. The average Bonchev–Trinajstić information content (AvgIpc) is 3.51. The van der Waals surface area contributed by atoms with Crippen molar-refractivity contribution in [3.63, 3.8) is 0 Å². The Morgan fingerprint density at radius 2 is 2.05 bits per heavy atom. The largest absolute Gasteiger partial charge is 0.496 e. The Kier molecular flexibility index (Phi) is 7.69. The molecule has 0 saturated heterocycles. The normalized spacial score (nSPS) is 12.8. The minimum atomic E-state index is -0.683. The number of carbonyl (C=O) groups is 2. The van der Waals surface area contributed by atoms with E-state index in [1.165, 1.54) is 42.7 Å². The summed E-state index contributed by atoms with van der Waals surface area (Å²) in [6.45, 7) is 1.93. The number of benzene rings is 1. The van der Waals surface area contributed by atoms with E-state index in [1.807, 2.05) is 6.07 Å². The lowest BCUT2D eigenvalue weighted by molar-refractivity contribution is -0.384. The number of methoxy groups -OCH3 is 1. The van der Waals surface area contributed by atoms with Crippen molar-refractivity contribution in [2.24, 2.45) is 0 Å². The Balaban J connectivity index is 1.60. The predicted octanol–water partition coefficient (Wildman–Crippen LogP) is 5.53. The molecular formula is C26H23N3O7S. The van der Waals surface area contributed by atoms with Crippen LogP contribution in [0.5, 0.6) is 5.75 Å². The van der Waals surface area contributed by atoms with E-state index in [-0.39, 0.29) is 29.4 Å². The Bertz CT molecular complexity index is 1440. The first kappa shape index (κ1) is 25.7. The lowest BCUT2D eigenvalue weighted by Gasteiger charge is -2.12. The van der Waals surface area contributed by atoms with Gasteiger partial charge in [-0.2, -0.15) is 5.26 Å². The summed E-state index contributed by atoms with van der Waals surface area (Å²) in [5.74, 6) is -0.375. The van der Waals surface area contributed by atoms with Gasteiger partial charge in [-0.25, -0.2) is 4.79 Å². The molecule has 1 N–H and O–H groups in total. The van der Waals surface area contributed by atoms with Crippen LogP contribution in [0, 0.1) is 21.4 Å². The number of nitro groups is 1. The summed E-state index contributed by atoms with van der Waals surface area (Å²) in [5.41, 5.74) is 1.38. The first-order chi connectivity index (χ1) is 17.9. The van der Waals surface area contributed by atoms with Crippen molar-refractivity contribution in [2.45, 2.75) is 32.6 Å². The van der Waals surface area contributed by atoms with Crippen LogP contribution in [0.4, 0.5) is 10.7 Å². The summed E-state index contributed by atoms with van der Waals surface area (Å²) in [5, 5.41) is 23.8. The molecule has 4 rings (SSSR count). The van der Waals surface area contributed by atoms with Crippen molar-refractivity contribution in [1.29, 1.82) is 5.26 Å². The second-order valence-corrected chi connectivity index (χ2v) is 9.21. The number of furan rings is 1. The Morgan fingerprint density at radius 1 is 1.27 bits per heavy atom. The highest BCUT2D eigenvalue weighted by atomic mass is 32.1. The zero-order valence-corrected chi connectivity index (χ0v) is 21.0. The molecule has 1 aliphatic rings. The Morgan fingerprint density at radius 3 is 2.76 bits per heavy atom. The van der Waals surface area contributed by atoms with E-state index in [9.17, 15) is 25.0 Å². The maximum absolute atomic E-state index is 13.0. The van der Waals surface area contributed by atoms with Gasteiger partial charge in [0.2, 0.25) is 0 Å². The van der Waals surface area contributed by atoms with Gasteiger partial charge < -0.3 is 19.2 Å². The van der Waals surface area contributed by atoms with Gasteiger partial charge in [0.1, 0.15) is 33.9 Å². The van der Waals surface area contributed by atoms with E-state index in [0.29, 0.717) is 21.9 Å². The van der Waals surface area contributed by atoms with E-state index in [4.69, 9.17) is 13.9 Å². The van der Waals surface area contributed by atoms with E-state index in [1.54, 1.807) is 19.1 Å². The SMILES string of the molecule is CCOC(=O)c1c(NC(=O)/C(C#N)=C/c2ccc(-c3ccc([N+](=O)[O-])cc3OC)o2)sc2c1CCCC2. The molecule has 190 valence electrons. The number of carbonyl (C=O) groups excluding carboxylic acids is 2. The smallest absolute Gasteiger partial charge is 0.341 e. The molecule has 1 aliphatic carbocycles. The fourth-order valence-corrected chi connectivity index (χ4v) is 5.38. The summed E-state index contributed by atoms with van der Waals surface area (Å²) >= 11 is 1.33. The average molecular weight is 522 g/mol. The minimum absolute atomic E-state index is 0.131.